The molecule has 86 valence electrons. The van der Waals surface area contributed by atoms with E-state index in [1.54, 1.807) is 0 Å². The summed E-state index contributed by atoms with van der Waals surface area (Å²) in [5.41, 5.74) is 1.49. The summed E-state index contributed by atoms with van der Waals surface area (Å²) in [7, 11) is 4.18. The fourth-order valence-corrected chi connectivity index (χ4v) is 1.67. The van der Waals surface area contributed by atoms with Gasteiger partial charge in [0.1, 0.15) is 0 Å². The van der Waals surface area contributed by atoms with Crippen LogP contribution < -0.4 is 5.32 Å². The van der Waals surface area contributed by atoms with E-state index in [2.05, 4.69) is 42.2 Å². The van der Waals surface area contributed by atoms with Crippen LogP contribution in [0.4, 0.5) is 0 Å². The highest BCUT2D eigenvalue weighted by molar-refractivity contribution is 5.03. The van der Waals surface area contributed by atoms with E-state index in [9.17, 15) is 0 Å². The Balaban J connectivity index is 2.27. The van der Waals surface area contributed by atoms with Crippen LogP contribution in [-0.2, 0) is 6.42 Å². The predicted molar refractivity (Wildman–Crippen MR) is 65.1 cm³/mol. The minimum atomic E-state index is 0.185. The van der Waals surface area contributed by atoms with Crippen LogP contribution in [0.3, 0.4) is 0 Å². The summed E-state index contributed by atoms with van der Waals surface area (Å²) < 4.78 is 0. The number of likely N-dealkylation sites (N-methyl/N-ethyl adjacent to an activating group) is 2. The van der Waals surface area contributed by atoms with Gasteiger partial charge in [0.2, 0.25) is 0 Å². The Hall–Kier alpha value is -0.800. The van der Waals surface area contributed by atoms with Gasteiger partial charge in [-0.25, -0.2) is 0 Å². The first-order chi connectivity index (χ1) is 7.03. The van der Waals surface area contributed by atoms with Gasteiger partial charge in [0.25, 0.3) is 0 Å². The Morgan fingerprint density at radius 2 is 2.20 bits per heavy atom. The van der Waals surface area contributed by atoms with E-state index < -0.39 is 0 Å². The van der Waals surface area contributed by atoms with Crippen molar-refractivity contribution in [1.29, 1.82) is 0 Å². The summed E-state index contributed by atoms with van der Waals surface area (Å²) in [6, 6.07) is 4.18. The van der Waals surface area contributed by atoms with Crippen LogP contribution in [0.5, 0.6) is 0 Å². The molecule has 1 heterocycles. The first-order valence-electron chi connectivity index (χ1n) is 5.53. The maximum atomic E-state index is 3.32. The third kappa shape index (κ3) is 4.49. The van der Waals surface area contributed by atoms with Crippen molar-refractivity contribution in [3.05, 3.63) is 24.0 Å². The standard InChI is InChI=1S/C12H23N3/c1-12(2,13-3)10-15(4)9-7-11-6-5-8-14-11/h5-6,8,13-14H,7,9-10H2,1-4H3. The lowest BCUT2D eigenvalue weighted by molar-refractivity contribution is 0.246. The largest absolute Gasteiger partial charge is 0.365 e. The second kappa shape index (κ2) is 5.33. The van der Waals surface area contributed by atoms with Crippen molar-refractivity contribution in [2.75, 3.05) is 27.2 Å². The molecule has 0 aromatic carbocycles. The molecule has 0 bridgehead atoms. The van der Waals surface area contributed by atoms with Crippen molar-refractivity contribution in [1.82, 2.24) is 15.2 Å². The van der Waals surface area contributed by atoms with Crippen molar-refractivity contribution in [2.24, 2.45) is 0 Å². The molecule has 0 aliphatic rings. The molecular weight excluding hydrogens is 186 g/mol. The maximum absolute atomic E-state index is 3.32. The summed E-state index contributed by atoms with van der Waals surface area (Å²) in [5.74, 6) is 0. The van der Waals surface area contributed by atoms with E-state index in [4.69, 9.17) is 0 Å². The second-order valence-electron chi connectivity index (χ2n) is 4.82. The van der Waals surface area contributed by atoms with Crippen molar-refractivity contribution in [3.63, 3.8) is 0 Å². The summed E-state index contributed by atoms with van der Waals surface area (Å²) >= 11 is 0. The molecule has 2 N–H and O–H groups in total. The van der Waals surface area contributed by atoms with Crippen molar-refractivity contribution in [3.8, 4) is 0 Å². The molecule has 0 radical (unpaired) electrons. The first-order valence-corrected chi connectivity index (χ1v) is 5.53. The van der Waals surface area contributed by atoms with Crippen molar-refractivity contribution >= 4 is 0 Å². The van der Waals surface area contributed by atoms with Crippen LogP contribution in [0.15, 0.2) is 18.3 Å². The van der Waals surface area contributed by atoms with Gasteiger partial charge in [-0.15, -0.1) is 0 Å². The molecule has 1 rings (SSSR count). The zero-order chi connectivity index (χ0) is 11.3. The Kier molecular flexibility index (Phi) is 4.36. The lowest BCUT2D eigenvalue weighted by Gasteiger charge is -2.29. The monoisotopic (exact) mass is 209 g/mol. The molecule has 15 heavy (non-hydrogen) atoms. The fraction of sp³-hybridized carbons (Fsp3) is 0.667. The van der Waals surface area contributed by atoms with E-state index in [1.807, 2.05) is 19.3 Å². The number of hydrogen-bond donors (Lipinski definition) is 2. The van der Waals surface area contributed by atoms with Gasteiger partial charge in [0, 0.05) is 36.9 Å². The predicted octanol–water partition coefficient (Wildman–Crippen LogP) is 1.49. The van der Waals surface area contributed by atoms with Crippen molar-refractivity contribution < 1.29 is 0 Å². The molecule has 0 saturated carbocycles. The number of hydrogen-bond acceptors (Lipinski definition) is 2. The first kappa shape index (κ1) is 12.3. The van der Waals surface area contributed by atoms with Crippen LogP contribution in [-0.4, -0.2) is 42.6 Å². The molecule has 0 aliphatic carbocycles. The molecule has 1 aromatic rings. The normalized spacial score (nSPS) is 12.3. The van der Waals surface area contributed by atoms with E-state index >= 15 is 0 Å². The van der Waals surface area contributed by atoms with Gasteiger partial charge in [0.05, 0.1) is 0 Å². The minimum absolute atomic E-state index is 0.185. The lowest BCUT2D eigenvalue weighted by Crippen LogP contribution is -2.46. The molecule has 0 atom stereocenters. The average Bonchev–Trinajstić information content (AvgIpc) is 2.66. The Bertz CT molecular complexity index is 264. The summed E-state index contributed by atoms with van der Waals surface area (Å²) in [5, 5.41) is 3.32. The highest BCUT2D eigenvalue weighted by Gasteiger charge is 2.16. The number of nitrogens with one attached hydrogen (secondary N) is 2. The Morgan fingerprint density at radius 1 is 1.47 bits per heavy atom. The number of nitrogens with zero attached hydrogens (tertiary/aromatic N) is 1. The van der Waals surface area contributed by atoms with Crippen LogP contribution >= 0.6 is 0 Å². The molecular formula is C12H23N3. The molecule has 3 heteroatoms. The van der Waals surface area contributed by atoms with Crippen LogP contribution in [0.25, 0.3) is 0 Å². The number of rotatable bonds is 6. The number of aromatic nitrogens is 1. The van der Waals surface area contributed by atoms with Gasteiger partial charge in [-0.1, -0.05) is 0 Å². The van der Waals surface area contributed by atoms with E-state index in [-0.39, 0.29) is 5.54 Å². The zero-order valence-electron chi connectivity index (χ0n) is 10.3. The number of aromatic amines is 1. The number of H-pyrrole nitrogens is 1. The molecule has 0 amide bonds. The van der Waals surface area contributed by atoms with Crippen LogP contribution in [0.2, 0.25) is 0 Å². The second-order valence-corrected chi connectivity index (χ2v) is 4.82. The van der Waals surface area contributed by atoms with Gasteiger partial charge in [-0.3, -0.25) is 0 Å². The maximum Gasteiger partial charge on any atom is 0.0249 e. The van der Waals surface area contributed by atoms with Gasteiger partial charge >= 0.3 is 0 Å². The molecule has 0 unspecified atom stereocenters. The van der Waals surface area contributed by atoms with Gasteiger partial charge in [-0.2, -0.15) is 0 Å². The van der Waals surface area contributed by atoms with E-state index in [1.165, 1.54) is 5.69 Å². The van der Waals surface area contributed by atoms with Gasteiger partial charge in [-0.05, 0) is 40.1 Å². The third-order valence-corrected chi connectivity index (χ3v) is 2.77. The molecule has 3 nitrogen and oxygen atoms in total. The molecule has 1 aromatic heterocycles. The SMILES string of the molecule is CNC(C)(C)CN(C)CCc1ccc[nH]1. The summed E-state index contributed by atoms with van der Waals surface area (Å²) in [6.07, 6.45) is 3.07. The fourth-order valence-electron chi connectivity index (χ4n) is 1.67. The van der Waals surface area contributed by atoms with Gasteiger partial charge in [0.15, 0.2) is 0 Å². The molecule has 0 saturated heterocycles. The quantitative estimate of drug-likeness (QED) is 0.743. The Labute approximate surface area is 92.9 Å². The van der Waals surface area contributed by atoms with Crippen LogP contribution in [0, 0.1) is 0 Å². The Morgan fingerprint density at radius 3 is 2.73 bits per heavy atom. The molecule has 0 aliphatic heterocycles. The highest BCUT2D eigenvalue weighted by atomic mass is 15.1. The minimum Gasteiger partial charge on any atom is -0.365 e. The van der Waals surface area contributed by atoms with E-state index in [0.29, 0.717) is 0 Å². The zero-order valence-corrected chi connectivity index (χ0v) is 10.3. The lowest BCUT2D eigenvalue weighted by atomic mass is 10.1. The highest BCUT2D eigenvalue weighted by Crippen LogP contribution is 2.04. The summed E-state index contributed by atoms with van der Waals surface area (Å²) in [6.45, 7) is 6.59. The molecule has 0 spiro atoms. The van der Waals surface area contributed by atoms with Gasteiger partial charge < -0.3 is 15.2 Å². The smallest absolute Gasteiger partial charge is 0.0249 e. The molecule has 0 fully saturated rings. The van der Waals surface area contributed by atoms with Crippen LogP contribution in [0.1, 0.15) is 19.5 Å². The summed E-state index contributed by atoms with van der Waals surface area (Å²) in [4.78, 5) is 5.59. The third-order valence-electron chi connectivity index (χ3n) is 2.77. The topological polar surface area (TPSA) is 31.1 Å². The average molecular weight is 209 g/mol. The van der Waals surface area contributed by atoms with E-state index in [0.717, 1.165) is 19.5 Å². The van der Waals surface area contributed by atoms with Crippen molar-refractivity contribution in [2.45, 2.75) is 25.8 Å².